The minimum atomic E-state index is -0.862. The van der Waals surface area contributed by atoms with E-state index in [0.717, 1.165) is 64.0 Å². The number of morpholine rings is 1. The molecule has 0 spiro atoms. The van der Waals surface area contributed by atoms with Crippen molar-refractivity contribution in [1.82, 2.24) is 15.5 Å². The molecule has 1 unspecified atom stereocenters. The first-order chi connectivity index (χ1) is 12.1. The van der Waals surface area contributed by atoms with Crippen LogP contribution in [-0.2, 0) is 11.2 Å². The zero-order chi connectivity index (χ0) is 18.0. The molecule has 25 heavy (non-hydrogen) atoms. The van der Waals surface area contributed by atoms with Crippen molar-refractivity contribution in [3.05, 3.63) is 24.2 Å². The van der Waals surface area contributed by atoms with E-state index in [1.165, 1.54) is 0 Å². The average Bonchev–Trinajstić information content (AvgIpc) is 3.11. The minimum Gasteiger partial charge on any atom is -0.469 e. The van der Waals surface area contributed by atoms with E-state index in [0.29, 0.717) is 13.1 Å². The van der Waals surface area contributed by atoms with Crippen molar-refractivity contribution < 1.29 is 14.3 Å². The Bertz CT molecular complexity index is 496. The molecule has 7 heteroatoms. The topological polar surface area (TPSA) is 82.3 Å². The summed E-state index contributed by atoms with van der Waals surface area (Å²) in [5.41, 5.74) is -0.862. The van der Waals surface area contributed by atoms with E-state index in [-0.39, 0.29) is 0 Å². The molecule has 7 nitrogen and oxygen atoms in total. The maximum absolute atomic E-state index is 10.7. The van der Waals surface area contributed by atoms with Crippen molar-refractivity contribution in [2.75, 3.05) is 52.5 Å². The van der Waals surface area contributed by atoms with Crippen molar-refractivity contribution in [2.24, 2.45) is 4.99 Å². The molecular formula is C18H32N4O3. The van der Waals surface area contributed by atoms with Gasteiger partial charge >= 0.3 is 0 Å². The van der Waals surface area contributed by atoms with Gasteiger partial charge in [-0.15, -0.1) is 0 Å². The summed E-state index contributed by atoms with van der Waals surface area (Å²) in [5.74, 6) is 1.68. The van der Waals surface area contributed by atoms with Gasteiger partial charge in [0, 0.05) is 39.1 Å². The normalized spacial score (nSPS) is 18.8. The van der Waals surface area contributed by atoms with Crippen molar-refractivity contribution in [1.29, 1.82) is 0 Å². The number of aliphatic hydroxyl groups is 1. The number of hydrogen-bond donors (Lipinski definition) is 3. The number of guanidine groups is 1. The smallest absolute Gasteiger partial charge is 0.191 e. The molecule has 1 atom stereocenters. The van der Waals surface area contributed by atoms with Gasteiger partial charge in [0.2, 0.25) is 0 Å². The number of β-amino-alcohol motifs (C(OH)–C–C–N with tert-alkyl or cyclic N) is 1. The average molecular weight is 352 g/mol. The third-order valence-corrected chi connectivity index (χ3v) is 4.03. The number of hydrogen-bond acceptors (Lipinski definition) is 5. The van der Waals surface area contributed by atoms with E-state index >= 15 is 0 Å². The van der Waals surface area contributed by atoms with E-state index in [1.807, 2.05) is 19.1 Å². The molecule has 1 saturated heterocycles. The predicted molar refractivity (Wildman–Crippen MR) is 98.9 cm³/mol. The zero-order valence-electron chi connectivity index (χ0n) is 15.5. The molecule has 0 amide bonds. The molecular weight excluding hydrogens is 320 g/mol. The Balaban J connectivity index is 1.81. The van der Waals surface area contributed by atoms with Gasteiger partial charge in [-0.1, -0.05) is 6.92 Å². The summed E-state index contributed by atoms with van der Waals surface area (Å²) in [6, 6.07) is 3.85. The molecule has 1 aromatic heterocycles. The maximum Gasteiger partial charge on any atom is 0.191 e. The number of nitrogens with zero attached hydrogens (tertiary/aromatic N) is 2. The van der Waals surface area contributed by atoms with Crippen LogP contribution in [0.2, 0.25) is 0 Å². The summed E-state index contributed by atoms with van der Waals surface area (Å²) in [7, 11) is 0. The molecule has 2 heterocycles. The molecule has 2 rings (SSSR count). The zero-order valence-corrected chi connectivity index (χ0v) is 15.5. The number of aliphatic imine (C=N–C) groups is 1. The number of furan rings is 1. The molecule has 0 saturated carbocycles. The molecule has 1 aromatic rings. The summed E-state index contributed by atoms with van der Waals surface area (Å²) in [6.07, 6.45) is 3.50. The Hall–Kier alpha value is -1.57. The first-order valence-electron chi connectivity index (χ1n) is 9.16. The van der Waals surface area contributed by atoms with E-state index in [1.54, 1.807) is 6.26 Å². The van der Waals surface area contributed by atoms with Gasteiger partial charge in [0.05, 0.1) is 31.6 Å². The van der Waals surface area contributed by atoms with Crippen LogP contribution < -0.4 is 10.6 Å². The molecule has 142 valence electrons. The van der Waals surface area contributed by atoms with Crippen LogP contribution in [-0.4, -0.2) is 74.0 Å². The Morgan fingerprint density at radius 2 is 2.08 bits per heavy atom. The van der Waals surface area contributed by atoms with Gasteiger partial charge in [-0.3, -0.25) is 9.89 Å². The lowest BCUT2D eigenvalue weighted by molar-refractivity contribution is -0.0179. The molecule has 1 aliphatic heterocycles. The molecule has 0 radical (unpaired) electrons. The second-order valence-electron chi connectivity index (χ2n) is 6.73. The molecule has 3 N–H and O–H groups in total. The van der Waals surface area contributed by atoms with Crippen molar-refractivity contribution in [3.8, 4) is 0 Å². The van der Waals surface area contributed by atoms with Crippen LogP contribution in [0.4, 0.5) is 0 Å². The second kappa shape index (κ2) is 10.4. The Kier molecular flexibility index (Phi) is 8.24. The monoisotopic (exact) mass is 352 g/mol. The lowest BCUT2D eigenvalue weighted by Crippen LogP contribution is -2.48. The van der Waals surface area contributed by atoms with Gasteiger partial charge < -0.3 is 24.9 Å². The molecule has 0 aromatic carbocycles. The fraction of sp³-hybridized carbons (Fsp3) is 0.722. The van der Waals surface area contributed by atoms with Crippen LogP contribution in [0.5, 0.6) is 0 Å². The summed E-state index contributed by atoms with van der Waals surface area (Å²) < 4.78 is 10.7. The highest BCUT2D eigenvalue weighted by Gasteiger charge is 2.25. The minimum absolute atomic E-state index is 0.351. The van der Waals surface area contributed by atoms with Crippen molar-refractivity contribution >= 4 is 5.96 Å². The van der Waals surface area contributed by atoms with Gasteiger partial charge in [-0.05, 0) is 25.5 Å². The van der Waals surface area contributed by atoms with Crippen molar-refractivity contribution in [2.45, 2.75) is 32.3 Å². The van der Waals surface area contributed by atoms with E-state index in [4.69, 9.17) is 9.15 Å². The van der Waals surface area contributed by atoms with Crippen LogP contribution in [0.3, 0.4) is 0 Å². The van der Waals surface area contributed by atoms with Crippen LogP contribution >= 0.6 is 0 Å². The fourth-order valence-electron chi connectivity index (χ4n) is 2.72. The number of rotatable bonds is 9. The van der Waals surface area contributed by atoms with Gasteiger partial charge in [-0.25, -0.2) is 0 Å². The second-order valence-corrected chi connectivity index (χ2v) is 6.73. The van der Waals surface area contributed by atoms with Crippen LogP contribution in [0.25, 0.3) is 0 Å². The quantitative estimate of drug-likeness (QED) is 0.452. The highest BCUT2D eigenvalue weighted by atomic mass is 16.5. The Morgan fingerprint density at radius 1 is 1.32 bits per heavy atom. The van der Waals surface area contributed by atoms with E-state index in [9.17, 15) is 5.11 Å². The first kappa shape index (κ1) is 19.8. The summed E-state index contributed by atoms with van der Waals surface area (Å²) in [4.78, 5) is 6.80. The molecule has 0 bridgehead atoms. The van der Waals surface area contributed by atoms with E-state index in [2.05, 4.69) is 27.4 Å². The van der Waals surface area contributed by atoms with Crippen LogP contribution in [0.15, 0.2) is 27.8 Å². The van der Waals surface area contributed by atoms with Crippen LogP contribution in [0, 0.1) is 0 Å². The van der Waals surface area contributed by atoms with Gasteiger partial charge in [-0.2, -0.15) is 0 Å². The number of ether oxygens (including phenoxy) is 1. The molecule has 1 fully saturated rings. The SMILES string of the molecule is CCCNC(=NCC(C)(O)CN1CCOCC1)NCCc1ccco1. The van der Waals surface area contributed by atoms with Gasteiger partial charge in [0.25, 0.3) is 0 Å². The Morgan fingerprint density at radius 3 is 2.76 bits per heavy atom. The standard InChI is InChI=1S/C18H32N4O3/c1-3-7-19-17(20-8-6-16-5-4-11-25-16)21-14-18(2,23)15-22-9-12-24-13-10-22/h4-5,11,23H,3,6-10,12-15H2,1-2H3,(H2,19,20,21). The summed E-state index contributed by atoms with van der Waals surface area (Å²) in [6.45, 7) is 9.68. The third kappa shape index (κ3) is 7.90. The molecule has 1 aliphatic rings. The van der Waals surface area contributed by atoms with E-state index < -0.39 is 5.60 Å². The predicted octanol–water partition coefficient (Wildman–Crippen LogP) is 0.851. The highest BCUT2D eigenvalue weighted by molar-refractivity contribution is 5.79. The maximum atomic E-state index is 10.7. The first-order valence-corrected chi connectivity index (χ1v) is 9.16. The molecule has 0 aliphatic carbocycles. The summed E-state index contributed by atoms with van der Waals surface area (Å²) >= 11 is 0. The van der Waals surface area contributed by atoms with Gasteiger partial charge in [0.15, 0.2) is 5.96 Å². The van der Waals surface area contributed by atoms with Gasteiger partial charge in [0.1, 0.15) is 5.76 Å². The largest absolute Gasteiger partial charge is 0.469 e. The van der Waals surface area contributed by atoms with Crippen LogP contribution in [0.1, 0.15) is 26.0 Å². The lowest BCUT2D eigenvalue weighted by Gasteiger charge is -2.33. The number of nitrogens with one attached hydrogen (secondary N) is 2. The van der Waals surface area contributed by atoms with Crippen molar-refractivity contribution in [3.63, 3.8) is 0 Å². The summed E-state index contributed by atoms with van der Waals surface area (Å²) in [5, 5.41) is 17.2. The third-order valence-electron chi connectivity index (χ3n) is 4.03. The highest BCUT2D eigenvalue weighted by Crippen LogP contribution is 2.09. The Labute approximate surface area is 150 Å². The lowest BCUT2D eigenvalue weighted by atomic mass is 10.1. The fourth-order valence-corrected chi connectivity index (χ4v) is 2.72.